The average Bonchev–Trinajstić information content (AvgIpc) is 3.00. The minimum absolute atomic E-state index is 0.235. The van der Waals surface area contributed by atoms with E-state index in [9.17, 15) is 4.79 Å². The number of hydrogen-bond acceptors (Lipinski definition) is 7. The van der Waals surface area contributed by atoms with Crippen LogP contribution in [-0.2, 0) is 6.54 Å². The SMILES string of the molecule is COc1cc2c(=O)n(Cc3cc(C)no3)cnc2c(OC)c1OC. The summed E-state index contributed by atoms with van der Waals surface area (Å²) in [5, 5.41) is 4.18. The third-order valence-corrected chi connectivity index (χ3v) is 3.62. The first kappa shape index (κ1) is 15.9. The van der Waals surface area contributed by atoms with Crippen LogP contribution in [0, 0.1) is 6.92 Å². The van der Waals surface area contributed by atoms with Gasteiger partial charge in [0.25, 0.3) is 5.56 Å². The summed E-state index contributed by atoms with van der Waals surface area (Å²) in [4.78, 5) is 17.1. The Morgan fingerprint density at radius 1 is 1.12 bits per heavy atom. The van der Waals surface area contributed by atoms with E-state index >= 15 is 0 Å². The maximum Gasteiger partial charge on any atom is 0.261 e. The number of hydrogen-bond donors (Lipinski definition) is 0. The molecule has 3 rings (SSSR count). The van der Waals surface area contributed by atoms with Crippen molar-refractivity contribution in [2.75, 3.05) is 21.3 Å². The van der Waals surface area contributed by atoms with E-state index in [-0.39, 0.29) is 12.1 Å². The van der Waals surface area contributed by atoms with E-state index < -0.39 is 0 Å². The van der Waals surface area contributed by atoms with Crippen molar-refractivity contribution in [1.82, 2.24) is 14.7 Å². The summed E-state index contributed by atoms with van der Waals surface area (Å²) >= 11 is 0. The van der Waals surface area contributed by atoms with E-state index in [4.69, 9.17) is 18.7 Å². The molecular weight excluding hydrogens is 314 g/mol. The highest BCUT2D eigenvalue weighted by Gasteiger charge is 2.19. The van der Waals surface area contributed by atoms with Gasteiger partial charge in [-0.3, -0.25) is 9.36 Å². The first-order valence-corrected chi connectivity index (χ1v) is 7.19. The molecule has 2 aromatic heterocycles. The Morgan fingerprint density at radius 3 is 2.46 bits per heavy atom. The molecule has 0 radical (unpaired) electrons. The molecule has 0 bridgehead atoms. The second-order valence-corrected chi connectivity index (χ2v) is 5.15. The smallest absolute Gasteiger partial charge is 0.261 e. The van der Waals surface area contributed by atoms with Crippen molar-refractivity contribution in [3.63, 3.8) is 0 Å². The molecule has 0 aliphatic heterocycles. The summed E-state index contributed by atoms with van der Waals surface area (Å²) in [5.41, 5.74) is 0.915. The van der Waals surface area contributed by atoms with Crippen LogP contribution in [0.2, 0.25) is 0 Å². The molecule has 0 unspecified atom stereocenters. The lowest BCUT2D eigenvalue weighted by atomic mass is 10.2. The van der Waals surface area contributed by atoms with Crippen molar-refractivity contribution < 1.29 is 18.7 Å². The van der Waals surface area contributed by atoms with Crippen molar-refractivity contribution in [2.24, 2.45) is 0 Å². The van der Waals surface area contributed by atoms with E-state index in [1.165, 1.54) is 32.2 Å². The molecule has 2 heterocycles. The van der Waals surface area contributed by atoms with Crippen LogP contribution in [-0.4, -0.2) is 36.0 Å². The molecule has 24 heavy (non-hydrogen) atoms. The van der Waals surface area contributed by atoms with E-state index in [1.807, 2.05) is 6.92 Å². The Kier molecular flexibility index (Phi) is 4.11. The van der Waals surface area contributed by atoms with Gasteiger partial charge in [0.15, 0.2) is 17.3 Å². The van der Waals surface area contributed by atoms with Crippen LogP contribution < -0.4 is 19.8 Å². The predicted octanol–water partition coefficient (Wildman–Crippen LogP) is 1.77. The summed E-state index contributed by atoms with van der Waals surface area (Å²) in [6.45, 7) is 2.05. The van der Waals surface area contributed by atoms with Crippen LogP contribution in [0.15, 0.2) is 27.8 Å². The number of aromatic nitrogens is 3. The summed E-state index contributed by atoms with van der Waals surface area (Å²) < 4.78 is 22.6. The van der Waals surface area contributed by atoms with Gasteiger partial charge in [0, 0.05) is 6.07 Å². The zero-order valence-electron chi connectivity index (χ0n) is 13.8. The molecule has 0 aliphatic rings. The molecule has 0 atom stereocenters. The van der Waals surface area contributed by atoms with Gasteiger partial charge in [-0.25, -0.2) is 4.98 Å². The van der Waals surface area contributed by atoms with Crippen molar-refractivity contribution in [1.29, 1.82) is 0 Å². The fourth-order valence-electron chi connectivity index (χ4n) is 2.54. The van der Waals surface area contributed by atoms with Gasteiger partial charge in [0.1, 0.15) is 5.52 Å². The highest BCUT2D eigenvalue weighted by Crippen LogP contribution is 2.41. The molecule has 0 spiro atoms. The fraction of sp³-hybridized carbons (Fsp3) is 0.312. The van der Waals surface area contributed by atoms with Gasteiger partial charge in [0.2, 0.25) is 5.75 Å². The number of ether oxygens (including phenoxy) is 3. The number of fused-ring (bicyclic) bond motifs is 1. The van der Waals surface area contributed by atoms with Gasteiger partial charge in [-0.05, 0) is 13.0 Å². The van der Waals surface area contributed by atoms with Gasteiger partial charge in [-0.15, -0.1) is 0 Å². The second-order valence-electron chi connectivity index (χ2n) is 5.15. The van der Waals surface area contributed by atoms with Gasteiger partial charge >= 0.3 is 0 Å². The van der Waals surface area contributed by atoms with Crippen molar-refractivity contribution in [3.8, 4) is 17.2 Å². The fourth-order valence-corrected chi connectivity index (χ4v) is 2.54. The number of nitrogens with zero attached hydrogens (tertiary/aromatic N) is 3. The summed E-state index contributed by atoms with van der Waals surface area (Å²) in [6, 6.07) is 3.36. The second kappa shape index (κ2) is 6.23. The normalized spacial score (nSPS) is 10.8. The zero-order chi connectivity index (χ0) is 17.3. The van der Waals surface area contributed by atoms with E-state index in [2.05, 4.69) is 10.1 Å². The Morgan fingerprint density at radius 2 is 1.88 bits per heavy atom. The molecule has 0 saturated heterocycles. The molecule has 0 saturated carbocycles. The molecule has 0 amide bonds. The topological polar surface area (TPSA) is 88.6 Å². The van der Waals surface area contributed by atoms with Crippen LogP contribution in [0.25, 0.3) is 10.9 Å². The summed E-state index contributed by atoms with van der Waals surface area (Å²) in [7, 11) is 4.48. The molecule has 1 aromatic carbocycles. The summed E-state index contributed by atoms with van der Waals surface area (Å²) in [5.74, 6) is 1.71. The first-order valence-electron chi connectivity index (χ1n) is 7.19. The Balaban J connectivity index is 2.19. The van der Waals surface area contributed by atoms with Crippen LogP contribution >= 0.6 is 0 Å². The molecule has 0 fully saturated rings. The molecular formula is C16H17N3O5. The van der Waals surface area contributed by atoms with Crippen LogP contribution in [0.1, 0.15) is 11.5 Å². The number of aryl methyl sites for hydroxylation is 1. The molecule has 8 heteroatoms. The lowest BCUT2D eigenvalue weighted by Crippen LogP contribution is -2.21. The van der Waals surface area contributed by atoms with Gasteiger partial charge < -0.3 is 18.7 Å². The Hall–Kier alpha value is -3.03. The van der Waals surface area contributed by atoms with E-state index in [0.717, 1.165) is 5.69 Å². The van der Waals surface area contributed by atoms with Crippen molar-refractivity contribution in [3.05, 3.63) is 40.3 Å². The Labute approximate surface area is 137 Å². The first-order chi connectivity index (χ1) is 11.6. The Bertz CT molecular complexity index is 945. The van der Waals surface area contributed by atoms with Gasteiger partial charge in [-0.1, -0.05) is 5.16 Å². The van der Waals surface area contributed by atoms with Crippen LogP contribution in [0.5, 0.6) is 17.2 Å². The van der Waals surface area contributed by atoms with E-state index in [1.54, 1.807) is 12.1 Å². The molecule has 0 aliphatic carbocycles. The third kappa shape index (κ3) is 2.55. The lowest BCUT2D eigenvalue weighted by Gasteiger charge is -2.14. The van der Waals surface area contributed by atoms with Crippen LogP contribution in [0.4, 0.5) is 0 Å². The monoisotopic (exact) mass is 331 g/mol. The largest absolute Gasteiger partial charge is 0.493 e. The number of rotatable bonds is 5. The van der Waals surface area contributed by atoms with Crippen molar-refractivity contribution >= 4 is 10.9 Å². The zero-order valence-corrected chi connectivity index (χ0v) is 13.8. The highest BCUT2D eigenvalue weighted by atomic mass is 16.5. The third-order valence-electron chi connectivity index (χ3n) is 3.62. The lowest BCUT2D eigenvalue weighted by molar-refractivity contribution is 0.326. The number of methoxy groups -OCH3 is 3. The number of benzene rings is 1. The average molecular weight is 331 g/mol. The van der Waals surface area contributed by atoms with Crippen molar-refractivity contribution in [2.45, 2.75) is 13.5 Å². The highest BCUT2D eigenvalue weighted by molar-refractivity contribution is 5.89. The maximum absolute atomic E-state index is 12.8. The molecule has 0 N–H and O–H groups in total. The predicted molar refractivity (Wildman–Crippen MR) is 86.0 cm³/mol. The molecule has 3 aromatic rings. The maximum atomic E-state index is 12.8. The van der Waals surface area contributed by atoms with Gasteiger partial charge in [0.05, 0.1) is 45.3 Å². The van der Waals surface area contributed by atoms with Crippen LogP contribution in [0.3, 0.4) is 0 Å². The minimum Gasteiger partial charge on any atom is -0.493 e. The minimum atomic E-state index is -0.242. The summed E-state index contributed by atoms with van der Waals surface area (Å²) in [6.07, 6.45) is 1.44. The molecule has 8 nitrogen and oxygen atoms in total. The quantitative estimate of drug-likeness (QED) is 0.704. The van der Waals surface area contributed by atoms with Gasteiger partial charge in [-0.2, -0.15) is 0 Å². The molecule has 126 valence electrons. The van der Waals surface area contributed by atoms with E-state index in [0.29, 0.717) is 33.9 Å². The standard InChI is InChI=1S/C16H17N3O5/c1-9-5-10(24-18-9)7-19-8-17-13-11(16(19)20)6-12(21-2)14(22-3)15(13)23-4/h5-6,8H,7H2,1-4H3.